The molecule has 3 heterocycles. The van der Waals surface area contributed by atoms with Gasteiger partial charge in [-0.25, -0.2) is 4.98 Å². The van der Waals surface area contributed by atoms with E-state index in [0.29, 0.717) is 18.2 Å². The minimum absolute atomic E-state index is 0.180. The lowest BCUT2D eigenvalue weighted by Gasteiger charge is -2.17. The second-order valence-corrected chi connectivity index (χ2v) is 10.4. The molecule has 0 amide bonds. The van der Waals surface area contributed by atoms with E-state index in [-0.39, 0.29) is 11.9 Å². The molecule has 0 atom stereocenters. The van der Waals surface area contributed by atoms with Crippen molar-refractivity contribution in [3.63, 3.8) is 0 Å². The van der Waals surface area contributed by atoms with E-state index in [1.807, 2.05) is 19.9 Å². The smallest absolute Gasteiger partial charge is 0.381 e. The van der Waals surface area contributed by atoms with Crippen molar-refractivity contribution in [2.45, 2.75) is 71.6 Å². The first-order chi connectivity index (χ1) is 18.1. The molecule has 5 rings (SSSR count). The Hall–Kier alpha value is -3.68. The van der Waals surface area contributed by atoms with Crippen LogP contribution < -0.4 is 5.32 Å². The summed E-state index contributed by atoms with van der Waals surface area (Å²) in [5.74, 6) is 0.605. The third-order valence-corrected chi connectivity index (χ3v) is 7.02. The SMILES string of the molecule is CC(C)c1ccccc1-c1cc(NCc2ccc(-c3nc(C(F)(F)F)cn3C(C)C)nc2)c2c(n1)CCC2. The zero-order chi connectivity index (χ0) is 27.0. The number of aromatic nitrogens is 4. The first-order valence-corrected chi connectivity index (χ1v) is 13.1. The highest BCUT2D eigenvalue weighted by Gasteiger charge is 2.35. The quantitative estimate of drug-likeness (QED) is 0.270. The normalized spacial score (nSPS) is 13.4. The van der Waals surface area contributed by atoms with Crippen LogP contribution in [0.25, 0.3) is 22.8 Å². The molecule has 1 aliphatic carbocycles. The molecule has 38 heavy (non-hydrogen) atoms. The average molecular weight is 520 g/mol. The molecule has 8 heteroatoms. The minimum Gasteiger partial charge on any atom is -0.381 e. The van der Waals surface area contributed by atoms with Gasteiger partial charge in [-0.1, -0.05) is 44.2 Å². The van der Waals surface area contributed by atoms with Crippen LogP contribution in [0.15, 0.2) is 54.9 Å². The summed E-state index contributed by atoms with van der Waals surface area (Å²) < 4.78 is 41.3. The summed E-state index contributed by atoms with van der Waals surface area (Å²) >= 11 is 0. The molecule has 0 aliphatic heterocycles. The number of benzene rings is 1. The van der Waals surface area contributed by atoms with E-state index in [2.05, 4.69) is 59.5 Å². The van der Waals surface area contributed by atoms with E-state index < -0.39 is 11.9 Å². The number of pyridine rings is 2. The Balaban J connectivity index is 1.40. The maximum Gasteiger partial charge on any atom is 0.434 e. The van der Waals surface area contributed by atoms with Gasteiger partial charge in [0.1, 0.15) is 5.69 Å². The third kappa shape index (κ3) is 5.17. The fourth-order valence-corrected chi connectivity index (χ4v) is 5.04. The zero-order valence-corrected chi connectivity index (χ0v) is 22.1. The molecule has 198 valence electrons. The van der Waals surface area contributed by atoms with Crippen LogP contribution in [0.2, 0.25) is 0 Å². The molecular weight excluding hydrogens is 487 g/mol. The highest BCUT2D eigenvalue weighted by Crippen LogP contribution is 2.35. The van der Waals surface area contributed by atoms with Crippen LogP contribution in [-0.4, -0.2) is 19.5 Å². The van der Waals surface area contributed by atoms with Gasteiger partial charge < -0.3 is 9.88 Å². The Morgan fingerprint density at radius 2 is 1.76 bits per heavy atom. The molecule has 0 saturated heterocycles. The Bertz CT molecular complexity index is 1440. The number of aryl methyl sites for hydroxylation is 1. The van der Waals surface area contributed by atoms with Crippen LogP contribution in [0.5, 0.6) is 0 Å². The van der Waals surface area contributed by atoms with Crippen LogP contribution in [0.3, 0.4) is 0 Å². The van der Waals surface area contributed by atoms with Crippen molar-refractivity contribution in [3.05, 3.63) is 82.9 Å². The van der Waals surface area contributed by atoms with Gasteiger partial charge in [0.15, 0.2) is 11.5 Å². The van der Waals surface area contributed by atoms with Crippen LogP contribution >= 0.6 is 0 Å². The summed E-state index contributed by atoms with van der Waals surface area (Å²) in [6.45, 7) is 8.58. The number of hydrogen-bond donors (Lipinski definition) is 1. The van der Waals surface area contributed by atoms with Gasteiger partial charge in [-0.3, -0.25) is 9.97 Å². The molecule has 0 spiro atoms. The molecule has 1 aliphatic rings. The van der Waals surface area contributed by atoms with Crippen molar-refractivity contribution < 1.29 is 13.2 Å². The second kappa shape index (κ2) is 10.2. The molecule has 4 aromatic rings. The van der Waals surface area contributed by atoms with Crippen LogP contribution in [0, 0.1) is 0 Å². The molecule has 1 N–H and O–H groups in total. The van der Waals surface area contributed by atoms with Gasteiger partial charge in [-0.2, -0.15) is 13.2 Å². The number of hydrogen-bond acceptors (Lipinski definition) is 4. The van der Waals surface area contributed by atoms with E-state index >= 15 is 0 Å². The summed E-state index contributed by atoms with van der Waals surface area (Å²) in [6, 6.07) is 14.0. The van der Waals surface area contributed by atoms with Crippen molar-refractivity contribution in [2.75, 3.05) is 5.32 Å². The van der Waals surface area contributed by atoms with Gasteiger partial charge in [0.2, 0.25) is 0 Å². The number of fused-ring (bicyclic) bond motifs is 1. The zero-order valence-electron chi connectivity index (χ0n) is 22.1. The summed E-state index contributed by atoms with van der Waals surface area (Å²) in [4.78, 5) is 13.3. The van der Waals surface area contributed by atoms with E-state index in [4.69, 9.17) is 4.98 Å². The van der Waals surface area contributed by atoms with Gasteiger partial charge in [-0.05, 0) is 67.9 Å². The Labute approximate surface area is 221 Å². The molecule has 0 saturated carbocycles. The first kappa shape index (κ1) is 25.9. The third-order valence-electron chi connectivity index (χ3n) is 7.02. The van der Waals surface area contributed by atoms with Gasteiger partial charge in [-0.15, -0.1) is 0 Å². The van der Waals surface area contributed by atoms with E-state index in [9.17, 15) is 13.2 Å². The predicted octanol–water partition coefficient (Wildman–Crippen LogP) is 7.83. The molecular formula is C30H32F3N5. The maximum atomic E-state index is 13.3. The number of nitrogens with one attached hydrogen (secondary N) is 1. The second-order valence-electron chi connectivity index (χ2n) is 10.4. The molecule has 5 nitrogen and oxygen atoms in total. The fraction of sp³-hybridized carbons (Fsp3) is 0.367. The van der Waals surface area contributed by atoms with Gasteiger partial charge >= 0.3 is 6.18 Å². The van der Waals surface area contributed by atoms with Crippen LogP contribution in [0.4, 0.5) is 18.9 Å². The first-order valence-electron chi connectivity index (χ1n) is 13.1. The van der Waals surface area contributed by atoms with E-state index in [0.717, 1.165) is 53.7 Å². The summed E-state index contributed by atoms with van der Waals surface area (Å²) in [5.41, 5.74) is 7.34. The van der Waals surface area contributed by atoms with Crippen molar-refractivity contribution >= 4 is 5.69 Å². The standard InChI is InChI=1S/C30H32F3N5/c1-18(2)21-8-5-6-9-22(21)27-14-26(23-10-7-11-24(23)36-27)35-16-20-12-13-25(34-15-20)29-37-28(30(31,32)33)17-38(29)19(3)4/h5-6,8-9,12-15,17-19H,7,10-11,16H2,1-4H3,(H,35,36). The topological polar surface area (TPSA) is 55.6 Å². The van der Waals surface area contributed by atoms with Gasteiger partial charge in [0.25, 0.3) is 0 Å². The molecule has 3 aromatic heterocycles. The largest absolute Gasteiger partial charge is 0.434 e. The Kier molecular flexibility index (Phi) is 6.99. The molecule has 1 aromatic carbocycles. The lowest BCUT2D eigenvalue weighted by molar-refractivity contribution is -0.140. The highest BCUT2D eigenvalue weighted by molar-refractivity contribution is 5.71. The molecule has 0 unspecified atom stereocenters. The summed E-state index contributed by atoms with van der Waals surface area (Å²) in [6.07, 6.45) is 1.30. The number of halogens is 3. The van der Waals surface area contributed by atoms with Crippen LogP contribution in [-0.2, 0) is 25.6 Å². The Morgan fingerprint density at radius 3 is 2.45 bits per heavy atom. The highest BCUT2D eigenvalue weighted by atomic mass is 19.4. The molecule has 0 fully saturated rings. The lowest BCUT2D eigenvalue weighted by atomic mass is 9.94. The van der Waals surface area contributed by atoms with E-state index in [1.54, 1.807) is 12.3 Å². The Morgan fingerprint density at radius 1 is 0.974 bits per heavy atom. The number of anilines is 1. The fourth-order valence-electron chi connectivity index (χ4n) is 5.04. The predicted molar refractivity (Wildman–Crippen MR) is 144 cm³/mol. The van der Waals surface area contributed by atoms with Crippen molar-refractivity contribution in [1.29, 1.82) is 0 Å². The van der Waals surface area contributed by atoms with Crippen molar-refractivity contribution in [3.8, 4) is 22.8 Å². The van der Waals surface area contributed by atoms with Crippen LogP contribution in [0.1, 0.15) is 74.2 Å². The monoisotopic (exact) mass is 519 g/mol. The number of alkyl halides is 3. The van der Waals surface area contributed by atoms with E-state index in [1.165, 1.54) is 15.7 Å². The molecule has 0 radical (unpaired) electrons. The maximum absolute atomic E-state index is 13.3. The van der Waals surface area contributed by atoms with Crippen molar-refractivity contribution in [2.24, 2.45) is 0 Å². The summed E-state index contributed by atoms with van der Waals surface area (Å²) in [7, 11) is 0. The number of rotatable bonds is 7. The van der Waals surface area contributed by atoms with Gasteiger partial charge in [0, 0.05) is 41.9 Å². The number of imidazole rings is 1. The average Bonchev–Trinajstić information content (AvgIpc) is 3.55. The van der Waals surface area contributed by atoms with Crippen molar-refractivity contribution in [1.82, 2.24) is 19.5 Å². The lowest BCUT2D eigenvalue weighted by Crippen LogP contribution is -2.06. The minimum atomic E-state index is -4.50. The molecule has 0 bridgehead atoms. The van der Waals surface area contributed by atoms with Gasteiger partial charge in [0.05, 0.1) is 5.69 Å². The summed E-state index contributed by atoms with van der Waals surface area (Å²) in [5, 5.41) is 3.58. The number of nitrogens with zero attached hydrogens (tertiary/aromatic N) is 4.